The minimum absolute atomic E-state index is 0.0920. The van der Waals surface area contributed by atoms with Crippen LogP contribution >= 0.6 is 12.2 Å². The van der Waals surface area contributed by atoms with Crippen LogP contribution in [0.2, 0.25) is 0 Å². The molecule has 0 aliphatic rings. The molecule has 5 heteroatoms. The van der Waals surface area contributed by atoms with E-state index < -0.39 is 0 Å². The van der Waals surface area contributed by atoms with Crippen molar-refractivity contribution in [1.29, 1.82) is 0 Å². The molecule has 1 unspecified atom stereocenters. The van der Waals surface area contributed by atoms with E-state index in [-0.39, 0.29) is 6.04 Å². The number of hydrogen-bond donors (Lipinski definition) is 2. The van der Waals surface area contributed by atoms with Gasteiger partial charge in [0.15, 0.2) is 0 Å². The Morgan fingerprint density at radius 1 is 1.28 bits per heavy atom. The van der Waals surface area contributed by atoms with Crippen molar-refractivity contribution < 1.29 is 0 Å². The molecule has 0 fully saturated rings. The van der Waals surface area contributed by atoms with Gasteiger partial charge in [0, 0.05) is 18.0 Å². The van der Waals surface area contributed by atoms with Crippen molar-refractivity contribution in [2.75, 3.05) is 5.32 Å². The monoisotopic (exact) mass is 258 g/mol. The molecule has 0 aromatic carbocycles. The van der Waals surface area contributed by atoms with Crippen LogP contribution in [-0.4, -0.2) is 15.0 Å². The molecule has 0 saturated carbocycles. The SMILES string of the molecule is CC(Nc1ccc(C(N)=S)cn1)c1ccccn1. The van der Waals surface area contributed by atoms with E-state index in [1.54, 1.807) is 12.4 Å². The number of thiocarbonyl (C=S) groups is 1. The molecule has 2 aromatic rings. The first kappa shape index (κ1) is 12.4. The lowest BCUT2D eigenvalue weighted by Crippen LogP contribution is -2.12. The summed E-state index contributed by atoms with van der Waals surface area (Å²) < 4.78 is 0. The van der Waals surface area contributed by atoms with Crippen molar-refractivity contribution in [3.63, 3.8) is 0 Å². The van der Waals surface area contributed by atoms with Crippen LogP contribution in [0.1, 0.15) is 24.2 Å². The molecular formula is C13H14N4S. The number of nitrogens with zero attached hydrogens (tertiary/aromatic N) is 2. The van der Waals surface area contributed by atoms with Crippen molar-refractivity contribution in [2.45, 2.75) is 13.0 Å². The Morgan fingerprint density at radius 3 is 2.67 bits per heavy atom. The summed E-state index contributed by atoms with van der Waals surface area (Å²) in [4.78, 5) is 8.90. The molecule has 4 nitrogen and oxygen atoms in total. The lowest BCUT2D eigenvalue weighted by atomic mass is 10.2. The smallest absolute Gasteiger partial charge is 0.126 e. The van der Waals surface area contributed by atoms with E-state index in [1.165, 1.54) is 0 Å². The Kier molecular flexibility index (Phi) is 3.84. The highest BCUT2D eigenvalue weighted by Gasteiger charge is 2.06. The summed E-state index contributed by atoms with van der Waals surface area (Å²) >= 11 is 4.88. The van der Waals surface area contributed by atoms with Gasteiger partial charge in [-0.1, -0.05) is 18.3 Å². The fraction of sp³-hybridized carbons (Fsp3) is 0.154. The fourth-order valence-electron chi connectivity index (χ4n) is 1.55. The number of nitrogens with two attached hydrogens (primary N) is 1. The van der Waals surface area contributed by atoms with Gasteiger partial charge < -0.3 is 11.1 Å². The molecule has 0 spiro atoms. The zero-order valence-electron chi connectivity index (χ0n) is 10.00. The van der Waals surface area contributed by atoms with Gasteiger partial charge in [-0.25, -0.2) is 4.98 Å². The van der Waals surface area contributed by atoms with Crippen LogP contribution in [0.4, 0.5) is 5.82 Å². The zero-order chi connectivity index (χ0) is 13.0. The molecule has 92 valence electrons. The van der Waals surface area contributed by atoms with Gasteiger partial charge in [-0.15, -0.1) is 0 Å². The van der Waals surface area contributed by atoms with Gasteiger partial charge in [0.05, 0.1) is 11.7 Å². The fourth-order valence-corrected chi connectivity index (χ4v) is 1.67. The van der Waals surface area contributed by atoms with Gasteiger partial charge in [-0.3, -0.25) is 4.98 Å². The number of nitrogens with one attached hydrogen (secondary N) is 1. The predicted molar refractivity (Wildman–Crippen MR) is 76.4 cm³/mol. The highest BCUT2D eigenvalue weighted by Crippen LogP contribution is 2.15. The topological polar surface area (TPSA) is 63.8 Å². The van der Waals surface area contributed by atoms with Crippen LogP contribution in [-0.2, 0) is 0 Å². The number of hydrogen-bond acceptors (Lipinski definition) is 4. The molecule has 0 amide bonds. The summed E-state index contributed by atoms with van der Waals surface area (Å²) in [7, 11) is 0. The third kappa shape index (κ3) is 3.01. The maximum atomic E-state index is 5.52. The average Bonchev–Trinajstić information content (AvgIpc) is 2.40. The van der Waals surface area contributed by atoms with E-state index in [4.69, 9.17) is 18.0 Å². The molecule has 1 atom stereocenters. The first-order valence-electron chi connectivity index (χ1n) is 5.60. The summed E-state index contributed by atoms with van der Waals surface area (Å²) in [6.07, 6.45) is 3.44. The van der Waals surface area contributed by atoms with Gasteiger partial charge in [0.1, 0.15) is 10.8 Å². The molecule has 0 saturated heterocycles. The maximum Gasteiger partial charge on any atom is 0.126 e. The van der Waals surface area contributed by atoms with Crippen molar-refractivity contribution in [1.82, 2.24) is 9.97 Å². The highest BCUT2D eigenvalue weighted by atomic mass is 32.1. The van der Waals surface area contributed by atoms with Crippen LogP contribution in [0.5, 0.6) is 0 Å². The van der Waals surface area contributed by atoms with Crippen LogP contribution in [0.15, 0.2) is 42.7 Å². The van der Waals surface area contributed by atoms with Gasteiger partial charge >= 0.3 is 0 Å². The maximum absolute atomic E-state index is 5.52. The number of rotatable bonds is 4. The highest BCUT2D eigenvalue weighted by molar-refractivity contribution is 7.80. The second-order valence-corrected chi connectivity index (χ2v) is 4.36. The number of anilines is 1. The van der Waals surface area contributed by atoms with Crippen LogP contribution < -0.4 is 11.1 Å². The van der Waals surface area contributed by atoms with E-state index in [9.17, 15) is 0 Å². The molecule has 2 aromatic heterocycles. The Labute approximate surface area is 111 Å². The molecule has 0 bridgehead atoms. The second-order valence-electron chi connectivity index (χ2n) is 3.92. The summed E-state index contributed by atoms with van der Waals surface area (Å²) in [6.45, 7) is 2.03. The molecule has 0 aliphatic heterocycles. The molecular weight excluding hydrogens is 244 g/mol. The summed E-state index contributed by atoms with van der Waals surface area (Å²) in [5.41, 5.74) is 7.25. The molecule has 3 N–H and O–H groups in total. The van der Waals surface area contributed by atoms with E-state index in [0.29, 0.717) is 4.99 Å². The van der Waals surface area contributed by atoms with Crippen LogP contribution in [0.3, 0.4) is 0 Å². The Morgan fingerprint density at radius 2 is 2.11 bits per heavy atom. The molecule has 2 rings (SSSR count). The van der Waals surface area contributed by atoms with Gasteiger partial charge in [-0.2, -0.15) is 0 Å². The van der Waals surface area contributed by atoms with Crippen molar-refractivity contribution in [3.8, 4) is 0 Å². The first-order valence-corrected chi connectivity index (χ1v) is 6.01. The Bertz CT molecular complexity index is 524. The van der Waals surface area contributed by atoms with Crippen molar-refractivity contribution in [2.24, 2.45) is 5.73 Å². The zero-order valence-corrected chi connectivity index (χ0v) is 10.8. The summed E-state index contributed by atoms with van der Waals surface area (Å²) in [5.74, 6) is 0.771. The second kappa shape index (κ2) is 5.55. The quantitative estimate of drug-likeness (QED) is 0.824. The summed E-state index contributed by atoms with van der Waals surface area (Å²) in [6, 6.07) is 9.63. The normalized spacial score (nSPS) is 11.8. The largest absolute Gasteiger partial charge is 0.389 e. The molecule has 0 aliphatic carbocycles. The average molecular weight is 258 g/mol. The first-order chi connectivity index (χ1) is 8.66. The molecule has 2 heterocycles. The molecule has 18 heavy (non-hydrogen) atoms. The van der Waals surface area contributed by atoms with E-state index in [0.717, 1.165) is 17.1 Å². The third-order valence-corrected chi connectivity index (χ3v) is 2.78. The number of aromatic nitrogens is 2. The predicted octanol–water partition coefficient (Wildman–Crippen LogP) is 2.28. The van der Waals surface area contributed by atoms with E-state index >= 15 is 0 Å². The number of pyridine rings is 2. The van der Waals surface area contributed by atoms with Crippen molar-refractivity contribution in [3.05, 3.63) is 54.0 Å². The molecule has 0 radical (unpaired) electrons. The lowest BCUT2D eigenvalue weighted by Gasteiger charge is -2.13. The van der Waals surface area contributed by atoms with Gasteiger partial charge in [-0.05, 0) is 31.2 Å². The van der Waals surface area contributed by atoms with Crippen LogP contribution in [0.25, 0.3) is 0 Å². The Balaban J connectivity index is 2.08. The lowest BCUT2D eigenvalue weighted by molar-refractivity contribution is 0.832. The minimum atomic E-state index is 0.0920. The van der Waals surface area contributed by atoms with Crippen molar-refractivity contribution >= 4 is 23.0 Å². The van der Waals surface area contributed by atoms with E-state index in [2.05, 4.69) is 15.3 Å². The van der Waals surface area contributed by atoms with Gasteiger partial charge in [0.2, 0.25) is 0 Å². The Hall–Kier alpha value is -2.01. The van der Waals surface area contributed by atoms with Gasteiger partial charge in [0.25, 0.3) is 0 Å². The van der Waals surface area contributed by atoms with Crippen LogP contribution in [0, 0.1) is 0 Å². The standard InChI is InChI=1S/C13H14N4S/c1-9(11-4-2-3-7-15-11)17-12-6-5-10(8-16-12)13(14)18/h2-9H,1H3,(H2,14,18)(H,16,17). The van der Waals surface area contributed by atoms with E-state index in [1.807, 2.05) is 37.3 Å². The third-order valence-electron chi connectivity index (χ3n) is 2.54. The minimum Gasteiger partial charge on any atom is -0.389 e. The summed E-state index contributed by atoms with van der Waals surface area (Å²) in [5, 5.41) is 3.27.